The van der Waals surface area contributed by atoms with Gasteiger partial charge in [0.15, 0.2) is 6.04 Å². The summed E-state index contributed by atoms with van der Waals surface area (Å²) < 4.78 is 0. The van der Waals surface area contributed by atoms with Crippen molar-refractivity contribution in [2.75, 3.05) is 22.9 Å². The van der Waals surface area contributed by atoms with E-state index in [0.29, 0.717) is 24.9 Å². The summed E-state index contributed by atoms with van der Waals surface area (Å²) in [5, 5.41) is 0. The highest BCUT2D eigenvalue weighted by molar-refractivity contribution is 6.20. The largest absolute Gasteiger partial charge is 0.312 e. The van der Waals surface area contributed by atoms with E-state index in [9.17, 15) is 9.59 Å². The summed E-state index contributed by atoms with van der Waals surface area (Å²) in [5.41, 5.74) is 7.66. The minimum atomic E-state index is -1.08. The van der Waals surface area contributed by atoms with Crippen LogP contribution in [0, 0.1) is 11.8 Å². The standard InChI is InChI=1S/C17H21N3O2/c18-15-16(21)19(9-11-5-6-11)13-3-1-2-4-14(13)20(17(15)22)10-12-7-8-12/h1-4,11-12,15H,5-10,18H2. The smallest absolute Gasteiger partial charge is 0.253 e. The zero-order valence-corrected chi connectivity index (χ0v) is 12.6. The van der Waals surface area contributed by atoms with E-state index >= 15 is 0 Å². The molecule has 2 fully saturated rings. The third-order valence-electron chi connectivity index (χ3n) is 4.80. The molecule has 2 N–H and O–H groups in total. The van der Waals surface area contributed by atoms with Gasteiger partial charge in [-0.05, 0) is 49.7 Å². The van der Waals surface area contributed by atoms with Crippen LogP contribution in [0.3, 0.4) is 0 Å². The molecule has 0 bridgehead atoms. The third-order valence-corrected chi connectivity index (χ3v) is 4.80. The highest BCUT2D eigenvalue weighted by atomic mass is 16.2. The van der Waals surface area contributed by atoms with E-state index in [0.717, 1.165) is 37.1 Å². The molecule has 0 aromatic heterocycles. The van der Waals surface area contributed by atoms with E-state index in [1.807, 2.05) is 24.3 Å². The normalized spacial score (nSPS) is 22.8. The first-order valence-corrected chi connectivity index (χ1v) is 8.12. The third kappa shape index (κ3) is 2.39. The minimum Gasteiger partial charge on any atom is -0.312 e. The Bertz CT molecular complexity index is 569. The average Bonchev–Trinajstić information content (AvgIpc) is 3.43. The molecule has 0 saturated heterocycles. The summed E-state index contributed by atoms with van der Waals surface area (Å²) in [6, 6.07) is 6.62. The number of benzene rings is 1. The summed E-state index contributed by atoms with van der Waals surface area (Å²) >= 11 is 0. The van der Waals surface area contributed by atoms with Crippen LogP contribution < -0.4 is 15.5 Å². The SMILES string of the molecule is NC1C(=O)N(CC2CC2)c2ccccc2N(CC2CC2)C1=O. The van der Waals surface area contributed by atoms with Crippen molar-refractivity contribution in [1.29, 1.82) is 0 Å². The summed E-state index contributed by atoms with van der Waals surface area (Å²) in [6.45, 7) is 1.35. The molecule has 2 amide bonds. The average molecular weight is 299 g/mol. The van der Waals surface area contributed by atoms with Gasteiger partial charge in [-0.3, -0.25) is 9.59 Å². The van der Waals surface area contributed by atoms with Crippen LogP contribution in [0.2, 0.25) is 0 Å². The maximum absolute atomic E-state index is 12.7. The number of hydrogen-bond donors (Lipinski definition) is 1. The molecule has 1 aromatic rings. The molecule has 2 aliphatic carbocycles. The topological polar surface area (TPSA) is 66.6 Å². The van der Waals surface area contributed by atoms with E-state index < -0.39 is 6.04 Å². The molecule has 22 heavy (non-hydrogen) atoms. The first-order chi connectivity index (χ1) is 10.6. The van der Waals surface area contributed by atoms with Gasteiger partial charge in [0.25, 0.3) is 11.8 Å². The van der Waals surface area contributed by atoms with Gasteiger partial charge in [0.05, 0.1) is 11.4 Å². The van der Waals surface area contributed by atoms with Crippen LogP contribution in [0.15, 0.2) is 24.3 Å². The monoisotopic (exact) mass is 299 g/mol. The Morgan fingerprint density at radius 3 is 1.64 bits per heavy atom. The van der Waals surface area contributed by atoms with E-state index in [1.54, 1.807) is 9.80 Å². The molecule has 1 aliphatic heterocycles. The molecule has 3 aliphatic rings. The second kappa shape index (κ2) is 5.09. The van der Waals surface area contributed by atoms with Gasteiger partial charge in [-0.15, -0.1) is 0 Å². The number of nitrogens with two attached hydrogens (primary N) is 1. The van der Waals surface area contributed by atoms with Crippen LogP contribution >= 0.6 is 0 Å². The highest BCUT2D eigenvalue weighted by Crippen LogP contribution is 2.39. The predicted octanol–water partition coefficient (Wildman–Crippen LogP) is 1.51. The summed E-state index contributed by atoms with van der Waals surface area (Å²) in [5.74, 6) is 0.578. The number of anilines is 2. The lowest BCUT2D eigenvalue weighted by Crippen LogP contribution is -2.52. The Kier molecular flexibility index (Phi) is 3.18. The maximum Gasteiger partial charge on any atom is 0.253 e. The molecule has 0 spiro atoms. The first kappa shape index (κ1) is 13.8. The Labute approximate surface area is 130 Å². The van der Waals surface area contributed by atoms with Crippen LogP contribution in [0.1, 0.15) is 25.7 Å². The molecule has 0 atom stereocenters. The molecule has 1 heterocycles. The van der Waals surface area contributed by atoms with Crippen LogP contribution in [-0.4, -0.2) is 30.9 Å². The van der Waals surface area contributed by atoms with Gasteiger partial charge >= 0.3 is 0 Å². The van der Waals surface area contributed by atoms with Crippen molar-refractivity contribution >= 4 is 23.2 Å². The molecule has 1 aromatic carbocycles. The number of hydrogen-bond acceptors (Lipinski definition) is 3. The molecule has 0 unspecified atom stereocenters. The highest BCUT2D eigenvalue weighted by Gasteiger charge is 2.41. The second-order valence-electron chi connectivity index (χ2n) is 6.75. The number of amides is 2. The fraction of sp³-hybridized carbons (Fsp3) is 0.529. The molecule has 4 rings (SSSR count). The number of carbonyl (C=O) groups excluding carboxylic acids is 2. The van der Waals surface area contributed by atoms with Crippen molar-refractivity contribution in [3.63, 3.8) is 0 Å². The Hall–Kier alpha value is -1.88. The van der Waals surface area contributed by atoms with Crippen LogP contribution in [0.4, 0.5) is 11.4 Å². The van der Waals surface area contributed by atoms with E-state index in [4.69, 9.17) is 5.73 Å². The second-order valence-corrected chi connectivity index (χ2v) is 6.75. The summed E-state index contributed by atoms with van der Waals surface area (Å²) in [7, 11) is 0. The minimum absolute atomic E-state index is 0.261. The van der Waals surface area contributed by atoms with Gasteiger partial charge in [-0.25, -0.2) is 0 Å². The van der Waals surface area contributed by atoms with Crippen LogP contribution in [-0.2, 0) is 9.59 Å². The Balaban J connectivity index is 1.76. The van der Waals surface area contributed by atoms with Crippen molar-refractivity contribution in [2.45, 2.75) is 31.7 Å². The van der Waals surface area contributed by atoms with Crippen molar-refractivity contribution in [2.24, 2.45) is 17.6 Å². The predicted molar refractivity (Wildman–Crippen MR) is 84.6 cm³/mol. The van der Waals surface area contributed by atoms with Gasteiger partial charge in [0, 0.05) is 13.1 Å². The van der Waals surface area contributed by atoms with Crippen molar-refractivity contribution in [3.05, 3.63) is 24.3 Å². The van der Waals surface area contributed by atoms with Crippen molar-refractivity contribution in [1.82, 2.24) is 0 Å². The molecule has 0 radical (unpaired) electrons. The number of fused-ring (bicyclic) bond motifs is 1. The zero-order chi connectivity index (χ0) is 15.3. The first-order valence-electron chi connectivity index (χ1n) is 8.12. The molecule has 116 valence electrons. The molecular formula is C17H21N3O2. The fourth-order valence-corrected chi connectivity index (χ4v) is 3.09. The van der Waals surface area contributed by atoms with Gasteiger partial charge in [0.2, 0.25) is 0 Å². The van der Waals surface area contributed by atoms with Crippen LogP contribution in [0.5, 0.6) is 0 Å². The lowest BCUT2D eigenvalue weighted by atomic mass is 10.2. The van der Waals surface area contributed by atoms with Crippen molar-refractivity contribution < 1.29 is 9.59 Å². The quantitative estimate of drug-likeness (QED) is 0.857. The van der Waals surface area contributed by atoms with Gasteiger partial charge in [-0.1, -0.05) is 12.1 Å². The number of rotatable bonds is 4. The van der Waals surface area contributed by atoms with Gasteiger partial charge < -0.3 is 15.5 Å². The van der Waals surface area contributed by atoms with Gasteiger partial charge in [-0.2, -0.15) is 0 Å². The summed E-state index contributed by atoms with van der Waals surface area (Å²) in [6.07, 6.45) is 4.61. The lowest BCUT2D eigenvalue weighted by molar-refractivity contribution is -0.128. The lowest BCUT2D eigenvalue weighted by Gasteiger charge is -2.25. The Morgan fingerprint density at radius 1 is 0.864 bits per heavy atom. The Morgan fingerprint density at radius 2 is 1.27 bits per heavy atom. The maximum atomic E-state index is 12.7. The number of nitrogens with zero attached hydrogens (tertiary/aromatic N) is 2. The summed E-state index contributed by atoms with van der Waals surface area (Å²) in [4.78, 5) is 28.8. The zero-order valence-electron chi connectivity index (χ0n) is 12.6. The van der Waals surface area contributed by atoms with Crippen molar-refractivity contribution in [3.8, 4) is 0 Å². The van der Waals surface area contributed by atoms with Gasteiger partial charge in [0.1, 0.15) is 0 Å². The molecular weight excluding hydrogens is 278 g/mol. The number of para-hydroxylation sites is 2. The number of carbonyl (C=O) groups is 2. The fourth-order valence-electron chi connectivity index (χ4n) is 3.09. The van der Waals surface area contributed by atoms with Crippen LogP contribution in [0.25, 0.3) is 0 Å². The molecule has 5 nitrogen and oxygen atoms in total. The molecule has 5 heteroatoms. The van der Waals surface area contributed by atoms with E-state index in [-0.39, 0.29) is 11.8 Å². The van der Waals surface area contributed by atoms with E-state index in [1.165, 1.54) is 0 Å². The molecule has 2 saturated carbocycles. The van der Waals surface area contributed by atoms with E-state index in [2.05, 4.69) is 0 Å².